The maximum Gasteiger partial charge on any atom is 0.288 e. The number of aryl methyl sites for hydroxylation is 2. The van der Waals surface area contributed by atoms with E-state index in [2.05, 4.69) is 10.5 Å². The third-order valence-corrected chi connectivity index (χ3v) is 3.15. The number of halogens is 1. The molecule has 0 aliphatic carbocycles. The van der Waals surface area contributed by atoms with Crippen LogP contribution in [0.1, 0.15) is 27.4 Å². The molecule has 0 bridgehead atoms. The van der Waals surface area contributed by atoms with E-state index >= 15 is 0 Å². The number of nitrogens with zero attached hydrogens (tertiary/aromatic N) is 2. The molecule has 1 amide bonds. The summed E-state index contributed by atoms with van der Waals surface area (Å²) in [5.74, 6) is 0.696. The average Bonchev–Trinajstić information content (AvgIpc) is 2.79. The first-order valence-electron chi connectivity index (χ1n) is 6.23. The number of nitro groups is 1. The van der Waals surface area contributed by atoms with E-state index in [-0.39, 0.29) is 10.7 Å². The lowest BCUT2D eigenvalue weighted by Crippen LogP contribution is -2.17. The van der Waals surface area contributed by atoms with Crippen molar-refractivity contribution in [2.24, 2.45) is 5.10 Å². The van der Waals surface area contributed by atoms with Crippen molar-refractivity contribution in [2.75, 3.05) is 0 Å². The van der Waals surface area contributed by atoms with Gasteiger partial charge < -0.3 is 4.42 Å². The predicted octanol–water partition coefficient (Wildman–Crippen LogP) is 3.22. The molecular formula is C14H12ClN3O4. The Kier molecular flexibility index (Phi) is 4.57. The molecule has 0 radical (unpaired) electrons. The Morgan fingerprint density at radius 2 is 2.14 bits per heavy atom. The fourth-order valence-corrected chi connectivity index (χ4v) is 2.02. The van der Waals surface area contributed by atoms with Crippen molar-refractivity contribution in [2.45, 2.75) is 13.8 Å². The Morgan fingerprint density at radius 3 is 2.73 bits per heavy atom. The van der Waals surface area contributed by atoms with Gasteiger partial charge in [-0.25, -0.2) is 5.43 Å². The fourth-order valence-electron chi connectivity index (χ4n) is 1.83. The maximum atomic E-state index is 11.9. The Bertz CT molecular complexity index is 767. The Hall–Kier alpha value is -2.67. The van der Waals surface area contributed by atoms with Crippen molar-refractivity contribution in [3.8, 4) is 0 Å². The molecule has 114 valence electrons. The van der Waals surface area contributed by atoms with E-state index in [0.717, 1.165) is 0 Å². The van der Waals surface area contributed by atoms with Crippen LogP contribution < -0.4 is 5.43 Å². The minimum Gasteiger partial charge on any atom is -0.466 e. The van der Waals surface area contributed by atoms with E-state index in [4.69, 9.17) is 16.0 Å². The van der Waals surface area contributed by atoms with Crippen LogP contribution in [-0.4, -0.2) is 17.0 Å². The van der Waals surface area contributed by atoms with Crippen LogP contribution in [0, 0.1) is 24.0 Å². The van der Waals surface area contributed by atoms with Crippen molar-refractivity contribution in [3.05, 3.63) is 62.0 Å². The minimum absolute atomic E-state index is 0.0377. The van der Waals surface area contributed by atoms with E-state index in [9.17, 15) is 14.9 Å². The number of hydrazone groups is 1. The van der Waals surface area contributed by atoms with Crippen molar-refractivity contribution >= 4 is 29.4 Å². The molecule has 8 heteroatoms. The van der Waals surface area contributed by atoms with Gasteiger partial charge in [0.15, 0.2) is 0 Å². The van der Waals surface area contributed by atoms with Crippen LogP contribution in [0.3, 0.4) is 0 Å². The third-order valence-electron chi connectivity index (χ3n) is 2.83. The number of amides is 1. The summed E-state index contributed by atoms with van der Waals surface area (Å²) < 4.78 is 5.25. The molecule has 2 aromatic rings. The molecule has 0 atom stereocenters. The van der Waals surface area contributed by atoms with Crippen LogP contribution in [-0.2, 0) is 0 Å². The van der Waals surface area contributed by atoms with Gasteiger partial charge in [-0.05, 0) is 26.0 Å². The van der Waals surface area contributed by atoms with Crippen LogP contribution in [0.5, 0.6) is 0 Å². The molecular weight excluding hydrogens is 310 g/mol. The summed E-state index contributed by atoms with van der Waals surface area (Å²) in [6.45, 7) is 3.41. The maximum absolute atomic E-state index is 11.9. The van der Waals surface area contributed by atoms with E-state index in [1.165, 1.54) is 18.3 Å². The fraction of sp³-hybridized carbons (Fsp3) is 0.143. The van der Waals surface area contributed by atoms with Gasteiger partial charge in [-0.15, -0.1) is 0 Å². The molecule has 22 heavy (non-hydrogen) atoms. The molecule has 1 aromatic carbocycles. The van der Waals surface area contributed by atoms with Crippen LogP contribution in [0.15, 0.2) is 33.8 Å². The van der Waals surface area contributed by atoms with Gasteiger partial charge in [0.1, 0.15) is 16.5 Å². The SMILES string of the molecule is Cc1cc(C(=O)N/N=C/c2ccc(Cl)c([N+](=O)[O-])c2)c(C)o1. The molecule has 2 rings (SSSR count). The molecule has 0 spiro atoms. The Morgan fingerprint density at radius 1 is 1.41 bits per heavy atom. The van der Waals surface area contributed by atoms with E-state index in [1.807, 2.05) is 0 Å². The highest BCUT2D eigenvalue weighted by molar-refractivity contribution is 6.32. The number of hydrogen-bond acceptors (Lipinski definition) is 5. The van der Waals surface area contributed by atoms with Crippen LogP contribution in [0.25, 0.3) is 0 Å². The second-order valence-corrected chi connectivity index (χ2v) is 4.90. The highest BCUT2D eigenvalue weighted by Crippen LogP contribution is 2.24. The summed E-state index contributed by atoms with van der Waals surface area (Å²) in [5, 5.41) is 14.6. The van der Waals surface area contributed by atoms with Crippen molar-refractivity contribution in [1.82, 2.24) is 5.43 Å². The van der Waals surface area contributed by atoms with Gasteiger partial charge in [-0.1, -0.05) is 17.7 Å². The summed E-state index contributed by atoms with van der Waals surface area (Å²) >= 11 is 5.71. The van der Waals surface area contributed by atoms with Crippen LogP contribution in [0.4, 0.5) is 5.69 Å². The van der Waals surface area contributed by atoms with Gasteiger partial charge >= 0.3 is 0 Å². The van der Waals surface area contributed by atoms with E-state index < -0.39 is 10.8 Å². The summed E-state index contributed by atoms with van der Waals surface area (Å²) in [6, 6.07) is 5.82. The number of rotatable bonds is 4. The molecule has 0 aliphatic heterocycles. The molecule has 0 saturated heterocycles. The summed E-state index contributed by atoms with van der Waals surface area (Å²) in [7, 11) is 0. The number of nitrogens with one attached hydrogen (secondary N) is 1. The second-order valence-electron chi connectivity index (χ2n) is 4.49. The van der Waals surface area contributed by atoms with Gasteiger partial charge in [-0.3, -0.25) is 14.9 Å². The van der Waals surface area contributed by atoms with Gasteiger partial charge in [0.2, 0.25) is 0 Å². The summed E-state index contributed by atoms with van der Waals surface area (Å²) in [4.78, 5) is 22.1. The number of carbonyl (C=O) groups excluding carboxylic acids is 1. The Balaban J connectivity index is 2.10. The minimum atomic E-state index is -0.587. The second kappa shape index (κ2) is 6.40. The number of nitro benzene ring substituents is 1. The zero-order valence-electron chi connectivity index (χ0n) is 11.8. The topological polar surface area (TPSA) is 97.7 Å². The molecule has 7 nitrogen and oxygen atoms in total. The van der Waals surface area contributed by atoms with Gasteiger partial charge in [0.25, 0.3) is 11.6 Å². The first-order chi connectivity index (χ1) is 10.4. The first kappa shape index (κ1) is 15.7. The third kappa shape index (κ3) is 3.50. The predicted molar refractivity (Wildman–Crippen MR) is 81.3 cm³/mol. The lowest BCUT2D eigenvalue weighted by Gasteiger charge is -1.98. The lowest BCUT2D eigenvalue weighted by molar-refractivity contribution is -0.384. The highest BCUT2D eigenvalue weighted by atomic mass is 35.5. The molecule has 1 heterocycles. The van der Waals surface area contributed by atoms with Crippen molar-refractivity contribution in [3.63, 3.8) is 0 Å². The standard InChI is InChI=1S/C14H12ClN3O4/c1-8-5-11(9(2)22-8)14(19)17-16-7-10-3-4-12(15)13(6-10)18(20)21/h3-7H,1-2H3,(H,17,19)/b16-7+. The van der Waals surface area contributed by atoms with Crippen LogP contribution in [0.2, 0.25) is 5.02 Å². The molecule has 0 aliphatic rings. The highest BCUT2D eigenvalue weighted by Gasteiger charge is 2.13. The molecule has 0 unspecified atom stereocenters. The summed E-state index contributed by atoms with van der Waals surface area (Å²) in [6.07, 6.45) is 1.30. The van der Waals surface area contributed by atoms with Gasteiger partial charge in [0, 0.05) is 11.6 Å². The molecule has 1 aromatic heterocycles. The lowest BCUT2D eigenvalue weighted by atomic mass is 10.2. The normalized spacial score (nSPS) is 10.9. The van der Waals surface area contributed by atoms with Gasteiger partial charge in [-0.2, -0.15) is 5.10 Å². The van der Waals surface area contributed by atoms with E-state index in [0.29, 0.717) is 22.6 Å². The number of hydrogen-bond donors (Lipinski definition) is 1. The first-order valence-corrected chi connectivity index (χ1v) is 6.60. The average molecular weight is 322 g/mol. The summed E-state index contributed by atoms with van der Waals surface area (Å²) in [5.41, 5.74) is 2.94. The molecule has 0 fully saturated rings. The van der Waals surface area contributed by atoms with Crippen LogP contribution >= 0.6 is 11.6 Å². The number of benzene rings is 1. The largest absolute Gasteiger partial charge is 0.466 e. The number of furan rings is 1. The Labute approximate surface area is 130 Å². The number of carbonyl (C=O) groups is 1. The zero-order valence-corrected chi connectivity index (χ0v) is 12.5. The molecule has 0 saturated carbocycles. The van der Waals surface area contributed by atoms with Crippen molar-refractivity contribution in [1.29, 1.82) is 0 Å². The van der Waals surface area contributed by atoms with E-state index in [1.54, 1.807) is 26.0 Å². The van der Waals surface area contributed by atoms with Gasteiger partial charge in [0.05, 0.1) is 16.7 Å². The molecule has 1 N–H and O–H groups in total. The van der Waals surface area contributed by atoms with Crippen molar-refractivity contribution < 1.29 is 14.1 Å². The zero-order chi connectivity index (χ0) is 16.3. The monoisotopic (exact) mass is 321 g/mol. The smallest absolute Gasteiger partial charge is 0.288 e. The quantitative estimate of drug-likeness (QED) is 0.531.